The van der Waals surface area contributed by atoms with Crippen LogP contribution in [0.3, 0.4) is 0 Å². The maximum absolute atomic E-state index is 12.7. The molecule has 1 saturated heterocycles. The summed E-state index contributed by atoms with van der Waals surface area (Å²) < 4.78 is 10.3. The number of morpholine rings is 1. The smallest absolute Gasteiger partial charge is 0.340 e. The maximum Gasteiger partial charge on any atom is 0.340 e. The predicted molar refractivity (Wildman–Crippen MR) is 114 cm³/mol. The molecule has 0 bridgehead atoms. The lowest BCUT2D eigenvalue weighted by atomic mass is 10.1. The number of ether oxygens (including phenoxy) is 2. The number of hydrogen-bond acceptors (Lipinski definition) is 7. The van der Waals surface area contributed by atoms with Crippen LogP contribution in [0.1, 0.15) is 27.7 Å². The van der Waals surface area contributed by atoms with Gasteiger partial charge in [-0.25, -0.2) is 9.59 Å². The Kier molecular flexibility index (Phi) is 7.26. The van der Waals surface area contributed by atoms with Crippen LogP contribution in [0.5, 0.6) is 0 Å². The van der Waals surface area contributed by atoms with E-state index in [1.165, 1.54) is 18.4 Å². The summed E-state index contributed by atoms with van der Waals surface area (Å²) in [4.78, 5) is 39.2. The number of carbonyl (C=O) groups is 3. The number of anilines is 2. The first-order valence-corrected chi connectivity index (χ1v) is 10.3. The summed E-state index contributed by atoms with van der Waals surface area (Å²) in [6, 6.07) is 7.58. The average Bonchev–Trinajstić information content (AvgIpc) is 3.28. The molecule has 160 valence electrons. The van der Waals surface area contributed by atoms with Gasteiger partial charge in [-0.2, -0.15) is 0 Å². The molecule has 9 nitrogen and oxygen atoms in total. The number of carbonyl (C=O) groups excluding carboxylic acids is 3. The number of rotatable bonds is 7. The molecule has 30 heavy (non-hydrogen) atoms. The van der Waals surface area contributed by atoms with Crippen molar-refractivity contribution in [1.29, 1.82) is 0 Å². The van der Waals surface area contributed by atoms with Gasteiger partial charge < -0.3 is 30.7 Å². The van der Waals surface area contributed by atoms with Gasteiger partial charge in [-0.05, 0) is 29.6 Å². The van der Waals surface area contributed by atoms with E-state index in [0.29, 0.717) is 32.0 Å². The molecule has 1 aromatic carbocycles. The molecule has 1 fully saturated rings. The SMILES string of the molecule is COC(=O)c1cc(N2CCOCC2)ccc1NC(=O)CC(NC(N)=O)c1cccs1. The minimum Gasteiger partial charge on any atom is -0.465 e. The van der Waals surface area contributed by atoms with Gasteiger partial charge in [-0.1, -0.05) is 6.07 Å². The lowest BCUT2D eigenvalue weighted by Gasteiger charge is -2.29. The first-order chi connectivity index (χ1) is 14.5. The minimum atomic E-state index is -0.716. The first kappa shape index (κ1) is 21.6. The highest BCUT2D eigenvalue weighted by Crippen LogP contribution is 2.27. The number of methoxy groups -OCH3 is 1. The number of nitrogens with two attached hydrogens (primary N) is 1. The zero-order chi connectivity index (χ0) is 21.5. The Morgan fingerprint density at radius 2 is 2.03 bits per heavy atom. The third kappa shape index (κ3) is 5.49. The molecule has 1 aliphatic rings. The predicted octanol–water partition coefficient (Wildman–Crippen LogP) is 2.11. The van der Waals surface area contributed by atoms with Crippen molar-refractivity contribution >= 4 is 40.6 Å². The monoisotopic (exact) mass is 432 g/mol. The van der Waals surface area contributed by atoms with Crippen LogP contribution in [0.15, 0.2) is 35.7 Å². The van der Waals surface area contributed by atoms with Crippen LogP contribution < -0.4 is 21.3 Å². The van der Waals surface area contributed by atoms with Crippen LogP contribution in [0.2, 0.25) is 0 Å². The van der Waals surface area contributed by atoms with E-state index in [-0.39, 0.29) is 17.9 Å². The molecule has 2 aromatic rings. The van der Waals surface area contributed by atoms with Gasteiger partial charge in [0, 0.05) is 23.7 Å². The number of benzene rings is 1. The fraction of sp³-hybridized carbons (Fsp3) is 0.350. The van der Waals surface area contributed by atoms with Crippen LogP contribution in [0.4, 0.5) is 16.2 Å². The fourth-order valence-electron chi connectivity index (χ4n) is 3.21. The van der Waals surface area contributed by atoms with Gasteiger partial charge in [-0.3, -0.25) is 4.79 Å². The first-order valence-electron chi connectivity index (χ1n) is 9.42. The second-order valence-electron chi connectivity index (χ2n) is 6.65. The number of hydrogen-bond donors (Lipinski definition) is 3. The standard InChI is InChI=1S/C20H24N4O5S/c1-28-19(26)14-11-13(24-6-8-29-9-7-24)4-5-15(14)22-18(25)12-16(23-20(21)27)17-3-2-10-30-17/h2-5,10-11,16H,6-9,12H2,1H3,(H,22,25)(H3,21,23,27). The number of nitrogens with one attached hydrogen (secondary N) is 2. The van der Waals surface area contributed by atoms with Gasteiger partial charge in [0.25, 0.3) is 0 Å². The van der Waals surface area contributed by atoms with Crippen molar-refractivity contribution in [3.05, 3.63) is 46.2 Å². The Bertz CT molecular complexity index is 897. The van der Waals surface area contributed by atoms with Gasteiger partial charge in [0.2, 0.25) is 5.91 Å². The highest BCUT2D eigenvalue weighted by Gasteiger charge is 2.22. The zero-order valence-corrected chi connectivity index (χ0v) is 17.4. The maximum atomic E-state index is 12.7. The Hall–Kier alpha value is -3.11. The molecule has 0 saturated carbocycles. The summed E-state index contributed by atoms with van der Waals surface area (Å²) in [5, 5.41) is 7.18. The number of primary amides is 1. The Labute approximate surface area is 178 Å². The summed E-state index contributed by atoms with van der Waals surface area (Å²) in [6.07, 6.45) is -0.0325. The molecular weight excluding hydrogens is 408 g/mol. The number of nitrogens with zero attached hydrogens (tertiary/aromatic N) is 1. The van der Waals surface area contributed by atoms with E-state index in [4.69, 9.17) is 15.2 Å². The quantitative estimate of drug-likeness (QED) is 0.576. The van der Waals surface area contributed by atoms with Crippen molar-refractivity contribution in [2.75, 3.05) is 43.6 Å². The van der Waals surface area contributed by atoms with Crippen molar-refractivity contribution in [2.24, 2.45) is 5.73 Å². The van der Waals surface area contributed by atoms with Gasteiger partial charge in [0.15, 0.2) is 0 Å². The molecule has 1 atom stereocenters. The van der Waals surface area contributed by atoms with Crippen LogP contribution >= 0.6 is 11.3 Å². The molecule has 0 radical (unpaired) electrons. The normalized spacial score (nSPS) is 14.6. The molecule has 1 aliphatic heterocycles. The highest BCUT2D eigenvalue weighted by molar-refractivity contribution is 7.10. The van der Waals surface area contributed by atoms with Crippen molar-refractivity contribution in [3.63, 3.8) is 0 Å². The van der Waals surface area contributed by atoms with Crippen LogP contribution in [0.25, 0.3) is 0 Å². The molecule has 4 N–H and O–H groups in total. The molecule has 3 rings (SSSR count). The number of esters is 1. The number of amides is 3. The van der Waals surface area contributed by atoms with E-state index in [1.54, 1.807) is 12.1 Å². The van der Waals surface area contributed by atoms with Crippen molar-refractivity contribution in [3.8, 4) is 0 Å². The second kappa shape index (κ2) is 10.1. The van der Waals surface area contributed by atoms with Crippen molar-refractivity contribution < 1.29 is 23.9 Å². The molecule has 3 amide bonds. The fourth-order valence-corrected chi connectivity index (χ4v) is 3.99. The van der Waals surface area contributed by atoms with E-state index in [1.807, 2.05) is 23.6 Å². The van der Waals surface area contributed by atoms with E-state index in [2.05, 4.69) is 15.5 Å². The Balaban J connectivity index is 1.77. The van der Waals surface area contributed by atoms with Gasteiger partial charge in [0.1, 0.15) is 0 Å². The highest BCUT2D eigenvalue weighted by atomic mass is 32.1. The van der Waals surface area contributed by atoms with E-state index < -0.39 is 18.0 Å². The van der Waals surface area contributed by atoms with E-state index in [0.717, 1.165) is 10.6 Å². The number of thiophene rings is 1. The largest absolute Gasteiger partial charge is 0.465 e. The molecule has 2 heterocycles. The molecule has 1 unspecified atom stereocenters. The molecule has 0 aliphatic carbocycles. The van der Waals surface area contributed by atoms with Crippen LogP contribution in [-0.2, 0) is 14.3 Å². The third-order valence-corrected chi connectivity index (χ3v) is 5.64. The van der Waals surface area contributed by atoms with E-state index >= 15 is 0 Å². The Morgan fingerprint density at radius 1 is 1.27 bits per heavy atom. The summed E-state index contributed by atoms with van der Waals surface area (Å²) in [7, 11) is 1.29. The molecule has 0 spiro atoms. The van der Waals surface area contributed by atoms with Crippen LogP contribution in [-0.4, -0.2) is 51.3 Å². The number of urea groups is 1. The van der Waals surface area contributed by atoms with Crippen molar-refractivity contribution in [2.45, 2.75) is 12.5 Å². The molecule has 1 aromatic heterocycles. The molecule has 10 heteroatoms. The summed E-state index contributed by atoms with van der Waals surface area (Å²) >= 11 is 1.41. The summed E-state index contributed by atoms with van der Waals surface area (Å²) in [5.74, 6) is -0.920. The second-order valence-corrected chi connectivity index (χ2v) is 7.63. The summed E-state index contributed by atoms with van der Waals surface area (Å²) in [6.45, 7) is 2.66. The average molecular weight is 433 g/mol. The van der Waals surface area contributed by atoms with Crippen molar-refractivity contribution in [1.82, 2.24) is 5.32 Å². The lowest BCUT2D eigenvalue weighted by Crippen LogP contribution is -2.36. The van der Waals surface area contributed by atoms with Gasteiger partial charge in [0.05, 0.1) is 44.0 Å². The van der Waals surface area contributed by atoms with Gasteiger partial charge >= 0.3 is 12.0 Å². The minimum absolute atomic E-state index is 0.0325. The van der Waals surface area contributed by atoms with Gasteiger partial charge in [-0.15, -0.1) is 11.3 Å². The third-order valence-electron chi connectivity index (χ3n) is 4.65. The van der Waals surface area contributed by atoms with Crippen LogP contribution in [0, 0.1) is 0 Å². The lowest BCUT2D eigenvalue weighted by molar-refractivity contribution is -0.116. The zero-order valence-electron chi connectivity index (χ0n) is 16.6. The Morgan fingerprint density at radius 3 is 2.67 bits per heavy atom. The molecular formula is C20H24N4O5S. The topological polar surface area (TPSA) is 123 Å². The van der Waals surface area contributed by atoms with E-state index in [9.17, 15) is 14.4 Å². The summed E-state index contributed by atoms with van der Waals surface area (Å²) in [5.41, 5.74) is 6.69.